The van der Waals surface area contributed by atoms with Crippen LogP contribution in [0.25, 0.3) is 0 Å². The summed E-state index contributed by atoms with van der Waals surface area (Å²) >= 11 is 0. The van der Waals surface area contributed by atoms with E-state index < -0.39 is 24.1 Å². The number of nitrogens with two attached hydrogens (primary N) is 1. The highest BCUT2D eigenvalue weighted by Crippen LogP contribution is 2.10. The van der Waals surface area contributed by atoms with Crippen molar-refractivity contribution in [3.63, 3.8) is 0 Å². The fraction of sp³-hybridized carbons (Fsp3) is 0.333. The van der Waals surface area contributed by atoms with Crippen LogP contribution >= 0.6 is 0 Å². The molecule has 6 heteroatoms. The Morgan fingerprint density at radius 3 is 2.50 bits per heavy atom. The SMILES string of the molecule is CC(NCC(O)c1ccccc1)C(=O)NC(N)=O. The normalized spacial score (nSPS) is 13.7. The Hall–Kier alpha value is -1.92. The van der Waals surface area contributed by atoms with Gasteiger partial charge >= 0.3 is 6.03 Å². The number of urea groups is 1. The van der Waals surface area contributed by atoms with Crippen LogP contribution in [0.2, 0.25) is 0 Å². The van der Waals surface area contributed by atoms with E-state index in [0.29, 0.717) is 0 Å². The third-order valence-corrected chi connectivity index (χ3v) is 2.44. The maximum Gasteiger partial charge on any atom is 0.318 e. The molecular formula is C12H17N3O3. The first-order valence-electron chi connectivity index (χ1n) is 5.57. The molecule has 1 aromatic carbocycles. The number of rotatable bonds is 5. The largest absolute Gasteiger partial charge is 0.387 e. The molecule has 2 unspecified atom stereocenters. The van der Waals surface area contributed by atoms with Crippen LogP contribution in [0.5, 0.6) is 0 Å². The molecule has 3 amide bonds. The number of aliphatic hydroxyl groups is 1. The topological polar surface area (TPSA) is 104 Å². The highest BCUT2D eigenvalue weighted by atomic mass is 16.3. The van der Waals surface area contributed by atoms with Gasteiger partial charge in [-0.3, -0.25) is 10.1 Å². The van der Waals surface area contributed by atoms with Gasteiger partial charge in [0.05, 0.1) is 12.1 Å². The molecule has 0 bridgehead atoms. The first kappa shape index (κ1) is 14.1. The smallest absolute Gasteiger partial charge is 0.318 e. The molecule has 18 heavy (non-hydrogen) atoms. The van der Waals surface area contributed by atoms with Crippen molar-refractivity contribution in [2.75, 3.05) is 6.54 Å². The molecule has 2 atom stereocenters. The minimum absolute atomic E-state index is 0.206. The van der Waals surface area contributed by atoms with Gasteiger partial charge in [0.1, 0.15) is 0 Å². The van der Waals surface area contributed by atoms with E-state index in [1.165, 1.54) is 0 Å². The molecule has 0 fully saturated rings. The Kier molecular flexibility index (Phi) is 5.29. The first-order valence-corrected chi connectivity index (χ1v) is 5.57. The molecule has 0 aromatic heterocycles. The van der Waals surface area contributed by atoms with Crippen molar-refractivity contribution < 1.29 is 14.7 Å². The summed E-state index contributed by atoms with van der Waals surface area (Å²) in [6.45, 7) is 1.79. The maximum absolute atomic E-state index is 11.3. The summed E-state index contributed by atoms with van der Waals surface area (Å²) in [6, 6.07) is 7.57. The van der Waals surface area contributed by atoms with E-state index >= 15 is 0 Å². The van der Waals surface area contributed by atoms with Gasteiger partial charge < -0.3 is 16.2 Å². The number of carbonyl (C=O) groups excluding carboxylic acids is 2. The lowest BCUT2D eigenvalue weighted by molar-refractivity contribution is -0.121. The molecule has 0 heterocycles. The summed E-state index contributed by atoms with van der Waals surface area (Å²) in [5.74, 6) is -0.525. The highest BCUT2D eigenvalue weighted by molar-refractivity contribution is 5.96. The van der Waals surface area contributed by atoms with E-state index in [4.69, 9.17) is 5.73 Å². The Bertz CT molecular complexity index is 408. The quantitative estimate of drug-likeness (QED) is 0.586. The highest BCUT2D eigenvalue weighted by Gasteiger charge is 2.15. The number of hydrogen-bond acceptors (Lipinski definition) is 4. The number of amides is 3. The monoisotopic (exact) mass is 251 g/mol. The second-order valence-electron chi connectivity index (χ2n) is 3.91. The van der Waals surface area contributed by atoms with E-state index in [1.807, 2.05) is 23.5 Å². The lowest BCUT2D eigenvalue weighted by Gasteiger charge is -2.16. The van der Waals surface area contributed by atoms with Crippen LogP contribution in [0.4, 0.5) is 4.79 Å². The number of nitrogens with one attached hydrogen (secondary N) is 2. The molecule has 0 aliphatic rings. The van der Waals surface area contributed by atoms with Gasteiger partial charge in [0.2, 0.25) is 5.91 Å². The zero-order chi connectivity index (χ0) is 13.5. The summed E-state index contributed by atoms with van der Waals surface area (Å²) in [5.41, 5.74) is 5.59. The molecule has 0 saturated heterocycles. The van der Waals surface area contributed by atoms with Gasteiger partial charge in [0, 0.05) is 6.54 Å². The molecule has 0 aliphatic heterocycles. The van der Waals surface area contributed by atoms with Crippen LogP contribution in [0.3, 0.4) is 0 Å². The van der Waals surface area contributed by atoms with Crippen molar-refractivity contribution >= 4 is 11.9 Å². The Morgan fingerprint density at radius 1 is 1.33 bits per heavy atom. The van der Waals surface area contributed by atoms with E-state index in [2.05, 4.69) is 5.32 Å². The predicted molar refractivity (Wildman–Crippen MR) is 66.6 cm³/mol. The zero-order valence-corrected chi connectivity index (χ0v) is 10.1. The van der Waals surface area contributed by atoms with Crippen molar-refractivity contribution in [1.82, 2.24) is 10.6 Å². The van der Waals surface area contributed by atoms with Gasteiger partial charge in [-0.2, -0.15) is 0 Å². The summed E-state index contributed by atoms with van der Waals surface area (Å²) in [7, 11) is 0. The summed E-state index contributed by atoms with van der Waals surface area (Å²) in [6.07, 6.45) is -0.713. The Labute approximate surface area is 105 Å². The van der Waals surface area contributed by atoms with Crippen molar-refractivity contribution in [3.05, 3.63) is 35.9 Å². The third kappa shape index (κ3) is 4.52. The van der Waals surface area contributed by atoms with Crippen LogP contribution < -0.4 is 16.4 Å². The van der Waals surface area contributed by atoms with Gasteiger partial charge in [-0.25, -0.2) is 4.79 Å². The number of hydrogen-bond donors (Lipinski definition) is 4. The predicted octanol–water partition coefficient (Wildman–Crippen LogP) is -0.107. The summed E-state index contributed by atoms with van der Waals surface area (Å²) in [5, 5.41) is 14.6. The van der Waals surface area contributed by atoms with Crippen molar-refractivity contribution in [1.29, 1.82) is 0 Å². The average Bonchev–Trinajstić information content (AvgIpc) is 2.35. The second-order valence-corrected chi connectivity index (χ2v) is 3.91. The van der Waals surface area contributed by atoms with E-state index in [9.17, 15) is 14.7 Å². The van der Waals surface area contributed by atoms with Crippen LogP contribution in [0.1, 0.15) is 18.6 Å². The van der Waals surface area contributed by atoms with Gasteiger partial charge in [-0.15, -0.1) is 0 Å². The van der Waals surface area contributed by atoms with Crippen molar-refractivity contribution in [3.8, 4) is 0 Å². The number of benzene rings is 1. The first-order chi connectivity index (χ1) is 8.50. The van der Waals surface area contributed by atoms with Crippen molar-refractivity contribution in [2.45, 2.75) is 19.1 Å². The standard InChI is InChI=1S/C12H17N3O3/c1-8(11(17)15-12(13)18)14-7-10(16)9-5-3-2-4-6-9/h2-6,8,10,14,16H,7H2,1H3,(H3,13,15,17,18). The minimum Gasteiger partial charge on any atom is -0.387 e. The fourth-order valence-electron chi connectivity index (χ4n) is 1.40. The molecule has 0 saturated carbocycles. The lowest BCUT2D eigenvalue weighted by atomic mass is 10.1. The number of primary amides is 1. The lowest BCUT2D eigenvalue weighted by Crippen LogP contribution is -2.47. The average molecular weight is 251 g/mol. The van der Waals surface area contributed by atoms with Crippen molar-refractivity contribution in [2.24, 2.45) is 5.73 Å². The molecule has 0 aliphatic carbocycles. The maximum atomic E-state index is 11.3. The summed E-state index contributed by atoms with van der Waals surface area (Å²) in [4.78, 5) is 21.8. The van der Waals surface area contributed by atoms with Gasteiger partial charge in [0.25, 0.3) is 0 Å². The van der Waals surface area contributed by atoms with E-state index in [0.717, 1.165) is 5.56 Å². The van der Waals surface area contributed by atoms with E-state index in [1.54, 1.807) is 19.1 Å². The zero-order valence-electron chi connectivity index (χ0n) is 10.1. The Morgan fingerprint density at radius 2 is 1.94 bits per heavy atom. The molecule has 0 radical (unpaired) electrons. The molecular weight excluding hydrogens is 234 g/mol. The molecule has 1 aromatic rings. The summed E-state index contributed by atoms with van der Waals surface area (Å²) < 4.78 is 0. The number of aliphatic hydroxyl groups excluding tert-OH is 1. The fourth-order valence-corrected chi connectivity index (χ4v) is 1.40. The van der Waals surface area contributed by atoms with Gasteiger partial charge in [0.15, 0.2) is 0 Å². The van der Waals surface area contributed by atoms with Crippen LogP contribution in [0, 0.1) is 0 Å². The molecule has 6 nitrogen and oxygen atoms in total. The van der Waals surface area contributed by atoms with Crippen LogP contribution in [0.15, 0.2) is 30.3 Å². The molecule has 5 N–H and O–H groups in total. The second kappa shape index (κ2) is 6.73. The minimum atomic E-state index is -0.891. The molecule has 1 rings (SSSR count). The van der Waals surface area contributed by atoms with Gasteiger partial charge in [-0.1, -0.05) is 30.3 Å². The van der Waals surface area contributed by atoms with Crippen LogP contribution in [-0.2, 0) is 4.79 Å². The molecule has 0 spiro atoms. The molecule has 98 valence electrons. The number of carbonyl (C=O) groups is 2. The Balaban J connectivity index is 2.41. The van der Waals surface area contributed by atoms with Crippen LogP contribution in [-0.4, -0.2) is 29.6 Å². The van der Waals surface area contributed by atoms with E-state index in [-0.39, 0.29) is 6.54 Å². The number of imide groups is 1. The third-order valence-electron chi connectivity index (χ3n) is 2.44. The van der Waals surface area contributed by atoms with Gasteiger partial charge in [-0.05, 0) is 12.5 Å².